The minimum atomic E-state index is -0.245. The van der Waals surface area contributed by atoms with Crippen LogP contribution in [0.15, 0.2) is 24.3 Å². The average Bonchev–Trinajstić information content (AvgIpc) is 2.97. The van der Waals surface area contributed by atoms with E-state index in [4.69, 9.17) is 4.74 Å². The highest BCUT2D eigenvalue weighted by Gasteiger charge is 2.40. The van der Waals surface area contributed by atoms with Crippen LogP contribution in [0, 0.1) is 5.41 Å². The number of para-hydroxylation sites is 1. The van der Waals surface area contributed by atoms with E-state index >= 15 is 0 Å². The van der Waals surface area contributed by atoms with E-state index in [2.05, 4.69) is 17.6 Å². The van der Waals surface area contributed by atoms with E-state index in [1.165, 1.54) is 0 Å². The SMILES string of the molecule is CCCC1(C(=O)N[C@H](C)c2ccccc2OC)CCNC1. The lowest BCUT2D eigenvalue weighted by Gasteiger charge is -2.29. The van der Waals surface area contributed by atoms with Crippen molar-refractivity contribution in [2.45, 2.75) is 39.2 Å². The van der Waals surface area contributed by atoms with Gasteiger partial charge in [-0.1, -0.05) is 31.5 Å². The number of ether oxygens (including phenoxy) is 1. The summed E-state index contributed by atoms with van der Waals surface area (Å²) in [4.78, 5) is 12.7. The van der Waals surface area contributed by atoms with Crippen LogP contribution in [0.2, 0.25) is 0 Å². The van der Waals surface area contributed by atoms with Crippen LogP contribution >= 0.6 is 0 Å². The van der Waals surface area contributed by atoms with Crippen LogP contribution < -0.4 is 15.4 Å². The molecule has 0 aliphatic carbocycles. The van der Waals surface area contributed by atoms with Gasteiger partial charge < -0.3 is 15.4 Å². The highest BCUT2D eigenvalue weighted by atomic mass is 16.5. The first-order valence-corrected chi connectivity index (χ1v) is 7.77. The highest BCUT2D eigenvalue weighted by Crippen LogP contribution is 2.33. The molecular weight excluding hydrogens is 264 g/mol. The van der Waals surface area contributed by atoms with Crippen molar-refractivity contribution in [1.29, 1.82) is 0 Å². The summed E-state index contributed by atoms with van der Waals surface area (Å²) in [7, 11) is 1.66. The quantitative estimate of drug-likeness (QED) is 0.847. The minimum Gasteiger partial charge on any atom is -0.496 e. The second-order valence-electron chi connectivity index (χ2n) is 5.89. The van der Waals surface area contributed by atoms with Gasteiger partial charge in [-0.2, -0.15) is 0 Å². The molecule has 1 fully saturated rings. The number of hydrogen-bond acceptors (Lipinski definition) is 3. The maximum atomic E-state index is 12.7. The third kappa shape index (κ3) is 3.38. The van der Waals surface area contributed by atoms with Gasteiger partial charge in [-0.05, 0) is 32.4 Å². The molecule has 1 heterocycles. The molecule has 1 aliphatic heterocycles. The third-order valence-corrected chi connectivity index (χ3v) is 4.41. The summed E-state index contributed by atoms with van der Waals surface area (Å²) in [6.07, 6.45) is 2.88. The van der Waals surface area contributed by atoms with Gasteiger partial charge in [-0.25, -0.2) is 0 Å². The molecule has 116 valence electrons. The van der Waals surface area contributed by atoms with Gasteiger partial charge in [-0.3, -0.25) is 4.79 Å². The average molecular weight is 290 g/mol. The summed E-state index contributed by atoms with van der Waals surface area (Å²) in [6, 6.07) is 7.79. The Morgan fingerprint density at radius 1 is 1.48 bits per heavy atom. The topological polar surface area (TPSA) is 50.4 Å². The first-order chi connectivity index (χ1) is 10.1. The van der Waals surface area contributed by atoms with Gasteiger partial charge in [0.05, 0.1) is 18.6 Å². The van der Waals surface area contributed by atoms with Crippen LogP contribution in [0.25, 0.3) is 0 Å². The Morgan fingerprint density at radius 3 is 2.86 bits per heavy atom. The van der Waals surface area contributed by atoms with E-state index in [1.54, 1.807) is 7.11 Å². The van der Waals surface area contributed by atoms with Gasteiger partial charge >= 0.3 is 0 Å². The predicted molar refractivity (Wildman–Crippen MR) is 84.4 cm³/mol. The van der Waals surface area contributed by atoms with Crippen LogP contribution in [0.4, 0.5) is 0 Å². The molecule has 0 saturated carbocycles. The Kier molecular flexibility index (Phi) is 5.23. The van der Waals surface area contributed by atoms with Gasteiger partial charge in [0.15, 0.2) is 0 Å². The maximum absolute atomic E-state index is 12.7. The third-order valence-electron chi connectivity index (χ3n) is 4.41. The predicted octanol–water partition coefficient (Wildman–Crippen LogP) is 2.65. The number of carbonyl (C=O) groups is 1. The molecule has 21 heavy (non-hydrogen) atoms. The van der Waals surface area contributed by atoms with Crippen molar-refractivity contribution in [2.24, 2.45) is 5.41 Å². The van der Waals surface area contributed by atoms with Crippen LogP contribution in [-0.2, 0) is 4.79 Å². The number of carbonyl (C=O) groups excluding carboxylic acids is 1. The van der Waals surface area contributed by atoms with Crippen molar-refractivity contribution >= 4 is 5.91 Å². The number of methoxy groups -OCH3 is 1. The molecule has 1 aromatic carbocycles. The highest BCUT2D eigenvalue weighted by molar-refractivity contribution is 5.83. The summed E-state index contributed by atoms with van der Waals surface area (Å²) in [5.41, 5.74) is 0.774. The van der Waals surface area contributed by atoms with Gasteiger partial charge in [0.1, 0.15) is 5.75 Å². The zero-order valence-electron chi connectivity index (χ0n) is 13.2. The minimum absolute atomic E-state index is 0.0528. The van der Waals surface area contributed by atoms with Gasteiger partial charge in [0, 0.05) is 12.1 Å². The maximum Gasteiger partial charge on any atom is 0.228 e. The Labute approximate surface area is 127 Å². The zero-order valence-corrected chi connectivity index (χ0v) is 13.2. The largest absolute Gasteiger partial charge is 0.496 e. The molecule has 1 unspecified atom stereocenters. The molecule has 2 atom stereocenters. The molecule has 1 saturated heterocycles. The van der Waals surface area contributed by atoms with Crippen LogP contribution in [0.5, 0.6) is 5.75 Å². The first kappa shape index (κ1) is 15.8. The number of rotatable bonds is 6. The van der Waals surface area contributed by atoms with E-state index < -0.39 is 0 Å². The van der Waals surface area contributed by atoms with Crippen LogP contribution in [0.3, 0.4) is 0 Å². The van der Waals surface area contributed by atoms with Crippen molar-refractivity contribution in [1.82, 2.24) is 10.6 Å². The fourth-order valence-corrected chi connectivity index (χ4v) is 3.19. The van der Waals surface area contributed by atoms with Gasteiger partial charge in [0.2, 0.25) is 5.91 Å². The Morgan fingerprint density at radius 2 is 2.24 bits per heavy atom. The second kappa shape index (κ2) is 6.94. The molecule has 4 heteroatoms. The van der Waals surface area contributed by atoms with Crippen molar-refractivity contribution < 1.29 is 9.53 Å². The first-order valence-electron chi connectivity index (χ1n) is 7.77. The standard InChI is InChI=1S/C17H26N2O2/c1-4-9-17(10-11-18-12-17)16(20)19-13(2)14-7-5-6-8-15(14)21-3/h5-8,13,18H,4,9-12H2,1-3H3,(H,19,20)/t13-,17?/m1/s1. The molecule has 1 aliphatic rings. The summed E-state index contributed by atoms with van der Waals surface area (Å²) < 4.78 is 5.38. The van der Waals surface area contributed by atoms with Crippen LogP contribution in [0.1, 0.15) is 44.7 Å². The Balaban J connectivity index is 2.11. The lowest BCUT2D eigenvalue weighted by atomic mass is 9.81. The molecule has 1 amide bonds. The summed E-state index contributed by atoms with van der Waals surface area (Å²) in [5, 5.41) is 6.51. The molecule has 4 nitrogen and oxygen atoms in total. The zero-order chi connectivity index (χ0) is 15.3. The van der Waals surface area contributed by atoms with Gasteiger partial charge in [0.25, 0.3) is 0 Å². The molecule has 0 bridgehead atoms. The lowest BCUT2D eigenvalue weighted by Crippen LogP contribution is -2.43. The lowest BCUT2D eigenvalue weighted by molar-refractivity contribution is -0.131. The molecule has 0 aromatic heterocycles. The number of nitrogens with one attached hydrogen (secondary N) is 2. The number of benzene rings is 1. The normalized spacial score (nSPS) is 22.8. The monoisotopic (exact) mass is 290 g/mol. The van der Waals surface area contributed by atoms with Crippen molar-refractivity contribution in [3.8, 4) is 5.75 Å². The van der Waals surface area contributed by atoms with Crippen molar-refractivity contribution in [3.63, 3.8) is 0 Å². The Hall–Kier alpha value is -1.55. The smallest absolute Gasteiger partial charge is 0.228 e. The number of hydrogen-bond donors (Lipinski definition) is 2. The summed E-state index contributed by atoms with van der Waals surface area (Å²) >= 11 is 0. The molecule has 1 aromatic rings. The van der Waals surface area contributed by atoms with Crippen molar-refractivity contribution in [3.05, 3.63) is 29.8 Å². The van der Waals surface area contributed by atoms with Crippen LogP contribution in [-0.4, -0.2) is 26.1 Å². The Bertz CT molecular complexity index is 481. The summed E-state index contributed by atoms with van der Waals surface area (Å²) in [6.45, 7) is 5.86. The molecule has 0 spiro atoms. The molecule has 0 radical (unpaired) electrons. The second-order valence-corrected chi connectivity index (χ2v) is 5.89. The van der Waals surface area contributed by atoms with E-state index in [9.17, 15) is 4.79 Å². The summed E-state index contributed by atoms with van der Waals surface area (Å²) in [5.74, 6) is 0.979. The molecule has 2 rings (SSSR count). The van der Waals surface area contributed by atoms with E-state index in [0.29, 0.717) is 0 Å². The molecule has 2 N–H and O–H groups in total. The fourth-order valence-electron chi connectivity index (χ4n) is 3.19. The van der Waals surface area contributed by atoms with Gasteiger partial charge in [-0.15, -0.1) is 0 Å². The number of amides is 1. The molecular formula is C17H26N2O2. The van der Waals surface area contributed by atoms with E-state index in [-0.39, 0.29) is 17.4 Å². The fraction of sp³-hybridized carbons (Fsp3) is 0.588. The van der Waals surface area contributed by atoms with Crippen molar-refractivity contribution in [2.75, 3.05) is 20.2 Å². The van der Waals surface area contributed by atoms with E-state index in [0.717, 1.165) is 43.7 Å². The van der Waals surface area contributed by atoms with E-state index in [1.807, 2.05) is 31.2 Å².